The molecular formula is C18H24N2O3. The van der Waals surface area contributed by atoms with E-state index in [1.165, 1.54) is 0 Å². The van der Waals surface area contributed by atoms with E-state index < -0.39 is 0 Å². The Morgan fingerprint density at radius 2 is 2.17 bits per heavy atom. The topological polar surface area (TPSA) is 50.8 Å². The minimum Gasteiger partial charge on any atom is -0.454 e. The number of benzene rings is 1. The third-order valence-electron chi connectivity index (χ3n) is 4.40. The van der Waals surface area contributed by atoms with Crippen LogP contribution in [0, 0.1) is 5.92 Å². The minimum absolute atomic E-state index is 0.000259. The highest BCUT2D eigenvalue weighted by molar-refractivity contribution is 5.74. The van der Waals surface area contributed by atoms with Crippen LogP contribution in [0.3, 0.4) is 0 Å². The zero-order valence-corrected chi connectivity index (χ0v) is 13.6. The van der Waals surface area contributed by atoms with Crippen LogP contribution in [0.5, 0.6) is 11.5 Å². The summed E-state index contributed by atoms with van der Waals surface area (Å²) in [6, 6.07) is 5.83. The van der Waals surface area contributed by atoms with Crippen molar-refractivity contribution in [3.8, 4) is 11.5 Å². The van der Waals surface area contributed by atoms with Gasteiger partial charge in [0, 0.05) is 19.6 Å². The van der Waals surface area contributed by atoms with E-state index in [2.05, 4.69) is 17.5 Å². The van der Waals surface area contributed by atoms with Crippen LogP contribution >= 0.6 is 0 Å². The lowest BCUT2D eigenvalue weighted by Gasteiger charge is -2.24. The SMILES string of the molecule is CCN(Cc1ccc2c(c1)OCO2)C(=O)NCC1CC=CCC1. The molecule has 0 spiro atoms. The van der Waals surface area contributed by atoms with Gasteiger partial charge in [-0.3, -0.25) is 0 Å². The van der Waals surface area contributed by atoms with Gasteiger partial charge in [-0.15, -0.1) is 0 Å². The second-order valence-electron chi connectivity index (χ2n) is 6.04. The molecule has 1 aromatic rings. The molecule has 0 radical (unpaired) electrons. The number of nitrogens with one attached hydrogen (secondary N) is 1. The van der Waals surface area contributed by atoms with Crippen LogP contribution in [0.4, 0.5) is 4.79 Å². The largest absolute Gasteiger partial charge is 0.454 e. The quantitative estimate of drug-likeness (QED) is 0.848. The summed E-state index contributed by atoms with van der Waals surface area (Å²) in [4.78, 5) is 14.2. The first kappa shape index (κ1) is 15.7. The number of fused-ring (bicyclic) bond motifs is 1. The van der Waals surface area contributed by atoms with E-state index in [4.69, 9.17) is 9.47 Å². The van der Waals surface area contributed by atoms with Gasteiger partial charge in [0.25, 0.3) is 0 Å². The molecule has 23 heavy (non-hydrogen) atoms. The summed E-state index contributed by atoms with van der Waals surface area (Å²) in [5.74, 6) is 2.09. The third-order valence-corrected chi connectivity index (χ3v) is 4.40. The molecule has 5 heteroatoms. The van der Waals surface area contributed by atoms with Gasteiger partial charge in [-0.1, -0.05) is 18.2 Å². The molecular weight excluding hydrogens is 292 g/mol. The summed E-state index contributed by atoms with van der Waals surface area (Å²) < 4.78 is 10.7. The maximum Gasteiger partial charge on any atom is 0.317 e. The second kappa shape index (κ2) is 7.40. The maximum absolute atomic E-state index is 12.4. The molecule has 124 valence electrons. The van der Waals surface area contributed by atoms with Gasteiger partial charge in [0.05, 0.1) is 0 Å². The number of rotatable bonds is 5. The number of carbonyl (C=O) groups excluding carboxylic acids is 1. The molecule has 1 N–H and O–H groups in total. The van der Waals surface area contributed by atoms with Crippen molar-refractivity contribution in [1.29, 1.82) is 0 Å². The predicted octanol–water partition coefficient (Wildman–Crippen LogP) is 3.30. The van der Waals surface area contributed by atoms with Crippen molar-refractivity contribution < 1.29 is 14.3 Å². The Morgan fingerprint density at radius 1 is 1.30 bits per heavy atom. The fraction of sp³-hybridized carbons (Fsp3) is 0.500. The molecule has 1 aromatic carbocycles. The van der Waals surface area contributed by atoms with E-state index in [-0.39, 0.29) is 12.8 Å². The fourth-order valence-electron chi connectivity index (χ4n) is 2.97. The van der Waals surface area contributed by atoms with Gasteiger partial charge in [0.1, 0.15) is 0 Å². The molecule has 2 amide bonds. The summed E-state index contributed by atoms with van der Waals surface area (Å²) in [7, 11) is 0. The van der Waals surface area contributed by atoms with Crippen LogP contribution < -0.4 is 14.8 Å². The van der Waals surface area contributed by atoms with Gasteiger partial charge in [0.2, 0.25) is 6.79 Å². The van der Waals surface area contributed by atoms with Gasteiger partial charge < -0.3 is 19.7 Å². The molecule has 1 aliphatic carbocycles. The summed E-state index contributed by atoms with van der Waals surface area (Å²) in [6.07, 6.45) is 7.77. The first-order valence-electron chi connectivity index (χ1n) is 8.32. The highest BCUT2D eigenvalue weighted by Gasteiger charge is 2.18. The highest BCUT2D eigenvalue weighted by atomic mass is 16.7. The fourth-order valence-corrected chi connectivity index (χ4v) is 2.97. The van der Waals surface area contributed by atoms with Crippen molar-refractivity contribution in [1.82, 2.24) is 10.2 Å². The Morgan fingerprint density at radius 3 is 2.96 bits per heavy atom. The molecule has 0 saturated carbocycles. The number of allylic oxidation sites excluding steroid dienone is 2. The van der Waals surface area contributed by atoms with E-state index >= 15 is 0 Å². The average molecular weight is 316 g/mol. The van der Waals surface area contributed by atoms with Crippen molar-refractivity contribution in [2.45, 2.75) is 32.7 Å². The monoisotopic (exact) mass is 316 g/mol. The van der Waals surface area contributed by atoms with Crippen LogP contribution in [0.1, 0.15) is 31.7 Å². The number of carbonyl (C=O) groups is 1. The summed E-state index contributed by atoms with van der Waals surface area (Å²) >= 11 is 0. The lowest BCUT2D eigenvalue weighted by Crippen LogP contribution is -2.41. The van der Waals surface area contributed by atoms with E-state index in [1.54, 1.807) is 0 Å². The van der Waals surface area contributed by atoms with E-state index in [0.29, 0.717) is 19.0 Å². The predicted molar refractivity (Wildman–Crippen MR) is 88.5 cm³/mol. The zero-order chi connectivity index (χ0) is 16.1. The highest BCUT2D eigenvalue weighted by Crippen LogP contribution is 2.32. The number of ether oxygens (including phenoxy) is 2. The Hall–Kier alpha value is -2.17. The molecule has 2 aliphatic rings. The number of hydrogen-bond donors (Lipinski definition) is 1. The van der Waals surface area contributed by atoms with Gasteiger partial charge in [-0.2, -0.15) is 0 Å². The van der Waals surface area contributed by atoms with Crippen LogP contribution in [-0.4, -0.2) is 30.8 Å². The Labute approximate surface area is 137 Å². The average Bonchev–Trinajstić information content (AvgIpc) is 3.06. The molecule has 0 saturated heterocycles. The molecule has 1 heterocycles. The van der Waals surface area contributed by atoms with Crippen molar-refractivity contribution in [3.63, 3.8) is 0 Å². The first-order valence-corrected chi connectivity index (χ1v) is 8.32. The van der Waals surface area contributed by atoms with Gasteiger partial charge >= 0.3 is 6.03 Å². The lowest BCUT2D eigenvalue weighted by molar-refractivity contribution is 0.173. The normalized spacial score (nSPS) is 18.7. The lowest BCUT2D eigenvalue weighted by atomic mass is 9.94. The van der Waals surface area contributed by atoms with E-state index in [0.717, 1.165) is 42.9 Å². The van der Waals surface area contributed by atoms with Crippen LogP contribution in [0.15, 0.2) is 30.4 Å². The maximum atomic E-state index is 12.4. The Balaban J connectivity index is 1.54. The number of amides is 2. The van der Waals surface area contributed by atoms with Crippen LogP contribution in [0.2, 0.25) is 0 Å². The number of hydrogen-bond acceptors (Lipinski definition) is 3. The standard InChI is InChI=1S/C18H24N2O3/c1-2-20(18(21)19-11-14-6-4-3-5-7-14)12-15-8-9-16-17(10-15)23-13-22-16/h3-4,8-10,14H,2,5-7,11-13H2,1H3,(H,19,21). The first-order chi connectivity index (χ1) is 11.3. The van der Waals surface area contributed by atoms with Gasteiger partial charge in [0.15, 0.2) is 11.5 Å². The van der Waals surface area contributed by atoms with Gasteiger partial charge in [-0.05, 0) is 49.8 Å². The molecule has 0 fully saturated rings. The molecule has 0 aromatic heterocycles. The van der Waals surface area contributed by atoms with Crippen molar-refractivity contribution >= 4 is 6.03 Å². The molecule has 1 aliphatic heterocycles. The Kier molecular flexibility index (Phi) is 5.05. The van der Waals surface area contributed by atoms with Crippen LogP contribution in [-0.2, 0) is 6.54 Å². The second-order valence-corrected chi connectivity index (χ2v) is 6.04. The van der Waals surface area contributed by atoms with Crippen LogP contribution in [0.25, 0.3) is 0 Å². The number of urea groups is 1. The Bertz CT molecular complexity index is 586. The summed E-state index contributed by atoms with van der Waals surface area (Å²) in [6.45, 7) is 4.26. The molecule has 0 bridgehead atoms. The van der Waals surface area contributed by atoms with Crippen molar-refractivity contribution in [2.75, 3.05) is 19.9 Å². The summed E-state index contributed by atoms with van der Waals surface area (Å²) in [5, 5.41) is 3.07. The van der Waals surface area contributed by atoms with Gasteiger partial charge in [-0.25, -0.2) is 4.79 Å². The number of nitrogens with zero attached hydrogens (tertiary/aromatic N) is 1. The summed E-state index contributed by atoms with van der Waals surface area (Å²) in [5.41, 5.74) is 1.05. The molecule has 3 rings (SSSR count). The molecule has 1 atom stereocenters. The zero-order valence-electron chi connectivity index (χ0n) is 13.6. The van der Waals surface area contributed by atoms with Crippen molar-refractivity contribution in [2.24, 2.45) is 5.92 Å². The van der Waals surface area contributed by atoms with E-state index in [9.17, 15) is 4.79 Å². The molecule has 1 unspecified atom stereocenters. The smallest absolute Gasteiger partial charge is 0.317 e. The third kappa shape index (κ3) is 3.97. The minimum atomic E-state index is -0.000259. The van der Waals surface area contributed by atoms with Crippen molar-refractivity contribution in [3.05, 3.63) is 35.9 Å². The van der Waals surface area contributed by atoms with E-state index in [1.807, 2.05) is 30.0 Å². The molecule has 5 nitrogen and oxygen atoms in total.